The molecule has 1 aromatic carbocycles. The molecule has 108 valence electrons. The first-order chi connectivity index (χ1) is 9.73. The Balaban J connectivity index is 2.16. The van der Waals surface area contributed by atoms with Crippen LogP contribution in [-0.2, 0) is 6.61 Å². The standard InChI is InChI=1S/C16H23N3O/c1-3-18(4-2)15-7-8-19(11-15)16-6-5-13(12-20)9-14(16)10-17/h5-6,9,15,20H,3-4,7-8,11-12H2,1-2H3. The van der Waals surface area contributed by atoms with Gasteiger partial charge in [0.05, 0.1) is 17.9 Å². The highest BCUT2D eigenvalue weighted by Gasteiger charge is 2.27. The summed E-state index contributed by atoms with van der Waals surface area (Å²) in [5.41, 5.74) is 2.46. The van der Waals surface area contributed by atoms with Crippen molar-refractivity contribution in [1.29, 1.82) is 5.26 Å². The van der Waals surface area contributed by atoms with Gasteiger partial charge in [0.1, 0.15) is 6.07 Å². The van der Waals surface area contributed by atoms with Gasteiger partial charge in [-0.3, -0.25) is 4.90 Å². The zero-order valence-corrected chi connectivity index (χ0v) is 12.3. The average molecular weight is 273 g/mol. The van der Waals surface area contributed by atoms with Crippen molar-refractivity contribution in [2.24, 2.45) is 0 Å². The van der Waals surface area contributed by atoms with Crippen molar-refractivity contribution < 1.29 is 5.11 Å². The van der Waals surface area contributed by atoms with Gasteiger partial charge in [0.25, 0.3) is 0 Å². The number of nitrogens with zero attached hydrogens (tertiary/aromatic N) is 3. The Kier molecular flexibility index (Phi) is 4.99. The molecular formula is C16H23N3O. The second-order valence-electron chi connectivity index (χ2n) is 5.23. The van der Waals surface area contributed by atoms with Gasteiger partial charge >= 0.3 is 0 Å². The van der Waals surface area contributed by atoms with Crippen LogP contribution in [0.2, 0.25) is 0 Å². The number of hydrogen-bond donors (Lipinski definition) is 1. The molecule has 4 nitrogen and oxygen atoms in total. The molecule has 1 N–H and O–H groups in total. The van der Waals surface area contributed by atoms with Crippen LogP contribution >= 0.6 is 0 Å². The molecular weight excluding hydrogens is 250 g/mol. The van der Waals surface area contributed by atoms with Crippen molar-refractivity contribution in [2.75, 3.05) is 31.1 Å². The van der Waals surface area contributed by atoms with Crippen molar-refractivity contribution in [3.8, 4) is 6.07 Å². The molecule has 1 saturated heterocycles. The van der Waals surface area contributed by atoms with E-state index < -0.39 is 0 Å². The van der Waals surface area contributed by atoms with Crippen molar-refractivity contribution in [1.82, 2.24) is 4.90 Å². The van der Waals surface area contributed by atoms with Gasteiger partial charge in [-0.25, -0.2) is 0 Å². The van der Waals surface area contributed by atoms with Gasteiger partial charge in [-0.1, -0.05) is 19.9 Å². The molecule has 2 rings (SSSR count). The number of benzene rings is 1. The minimum Gasteiger partial charge on any atom is -0.392 e. The number of anilines is 1. The summed E-state index contributed by atoms with van der Waals surface area (Å²) >= 11 is 0. The second-order valence-corrected chi connectivity index (χ2v) is 5.23. The number of nitriles is 1. The Morgan fingerprint density at radius 2 is 2.15 bits per heavy atom. The largest absolute Gasteiger partial charge is 0.392 e. The first-order valence-electron chi connectivity index (χ1n) is 7.36. The van der Waals surface area contributed by atoms with Crippen molar-refractivity contribution in [2.45, 2.75) is 32.9 Å². The van der Waals surface area contributed by atoms with Gasteiger partial charge in [-0.2, -0.15) is 5.26 Å². The van der Waals surface area contributed by atoms with E-state index in [4.69, 9.17) is 5.11 Å². The Labute approximate surface area is 121 Å². The van der Waals surface area contributed by atoms with Crippen molar-refractivity contribution in [3.63, 3.8) is 0 Å². The third kappa shape index (κ3) is 2.95. The molecule has 1 unspecified atom stereocenters. The maximum Gasteiger partial charge on any atom is 0.101 e. The molecule has 1 fully saturated rings. The number of hydrogen-bond acceptors (Lipinski definition) is 4. The maximum atomic E-state index is 9.30. The molecule has 20 heavy (non-hydrogen) atoms. The zero-order valence-electron chi connectivity index (χ0n) is 12.3. The minimum atomic E-state index is -0.0168. The summed E-state index contributed by atoms with van der Waals surface area (Å²) in [5, 5.41) is 18.5. The molecule has 1 aromatic rings. The van der Waals surface area contributed by atoms with Crippen LogP contribution < -0.4 is 4.90 Å². The predicted octanol–water partition coefficient (Wildman–Crippen LogP) is 1.97. The molecule has 0 saturated carbocycles. The topological polar surface area (TPSA) is 50.5 Å². The Hall–Kier alpha value is -1.57. The number of aliphatic hydroxyl groups is 1. The molecule has 1 aliphatic heterocycles. The fourth-order valence-electron chi connectivity index (χ4n) is 3.05. The van der Waals surface area contributed by atoms with Crippen LogP contribution in [0.5, 0.6) is 0 Å². The second kappa shape index (κ2) is 6.74. The average Bonchev–Trinajstić information content (AvgIpc) is 2.97. The summed E-state index contributed by atoms with van der Waals surface area (Å²) in [6, 6.07) is 8.49. The third-order valence-corrected chi connectivity index (χ3v) is 4.20. The molecule has 0 radical (unpaired) electrons. The summed E-state index contributed by atoms with van der Waals surface area (Å²) in [5.74, 6) is 0. The number of likely N-dealkylation sites (N-methyl/N-ethyl adjacent to an activating group) is 1. The normalized spacial score (nSPS) is 18.6. The van der Waals surface area contributed by atoms with Crippen LogP contribution in [0.3, 0.4) is 0 Å². The highest BCUT2D eigenvalue weighted by atomic mass is 16.3. The fraction of sp³-hybridized carbons (Fsp3) is 0.562. The van der Waals surface area contributed by atoms with Crippen LogP contribution in [0.25, 0.3) is 0 Å². The van der Waals surface area contributed by atoms with E-state index in [0.29, 0.717) is 11.6 Å². The van der Waals surface area contributed by atoms with Crippen molar-refractivity contribution in [3.05, 3.63) is 29.3 Å². The lowest BCUT2D eigenvalue weighted by atomic mass is 10.1. The van der Waals surface area contributed by atoms with Gasteiger partial charge in [0, 0.05) is 19.1 Å². The summed E-state index contributed by atoms with van der Waals surface area (Å²) in [6.45, 7) is 8.50. The first-order valence-corrected chi connectivity index (χ1v) is 7.36. The van der Waals surface area contributed by atoms with Gasteiger partial charge in [-0.05, 0) is 37.2 Å². The van der Waals surface area contributed by atoms with E-state index in [1.54, 1.807) is 6.07 Å². The van der Waals surface area contributed by atoms with Gasteiger partial charge in [-0.15, -0.1) is 0 Å². The van der Waals surface area contributed by atoms with Crippen LogP contribution in [0.1, 0.15) is 31.4 Å². The lowest BCUT2D eigenvalue weighted by molar-refractivity contribution is 0.232. The fourth-order valence-corrected chi connectivity index (χ4v) is 3.05. The third-order valence-electron chi connectivity index (χ3n) is 4.20. The molecule has 4 heteroatoms. The molecule has 1 atom stereocenters. The molecule has 0 aliphatic carbocycles. The molecule has 0 bridgehead atoms. The van der Waals surface area contributed by atoms with Crippen LogP contribution in [0, 0.1) is 11.3 Å². The summed E-state index contributed by atoms with van der Waals surface area (Å²) in [4.78, 5) is 4.77. The van der Waals surface area contributed by atoms with Crippen molar-refractivity contribution >= 4 is 5.69 Å². The molecule has 1 heterocycles. The van der Waals surface area contributed by atoms with Gasteiger partial charge < -0.3 is 10.0 Å². The Morgan fingerprint density at radius 3 is 2.75 bits per heavy atom. The van der Waals surface area contributed by atoms with E-state index in [-0.39, 0.29) is 6.61 Å². The predicted molar refractivity (Wildman–Crippen MR) is 80.6 cm³/mol. The van der Waals surface area contributed by atoms with E-state index in [9.17, 15) is 5.26 Å². The monoisotopic (exact) mass is 273 g/mol. The SMILES string of the molecule is CCN(CC)C1CCN(c2ccc(CO)cc2C#N)C1. The van der Waals surface area contributed by atoms with Crippen LogP contribution in [0.15, 0.2) is 18.2 Å². The Bertz CT molecular complexity index is 491. The molecule has 0 spiro atoms. The summed E-state index contributed by atoms with van der Waals surface area (Å²) in [7, 11) is 0. The van der Waals surface area contributed by atoms with E-state index >= 15 is 0 Å². The van der Waals surface area contributed by atoms with Crippen LogP contribution in [0.4, 0.5) is 5.69 Å². The molecule has 0 amide bonds. The lowest BCUT2D eigenvalue weighted by Gasteiger charge is -2.27. The highest BCUT2D eigenvalue weighted by molar-refractivity contribution is 5.61. The smallest absolute Gasteiger partial charge is 0.101 e. The summed E-state index contributed by atoms with van der Waals surface area (Å²) in [6.07, 6.45) is 1.15. The minimum absolute atomic E-state index is 0.0168. The van der Waals surface area contributed by atoms with E-state index in [1.807, 2.05) is 12.1 Å². The maximum absolute atomic E-state index is 9.30. The Morgan fingerprint density at radius 1 is 1.40 bits per heavy atom. The van der Waals surface area contributed by atoms with Crippen LogP contribution in [-0.4, -0.2) is 42.2 Å². The van der Waals surface area contributed by atoms with Gasteiger partial charge in [0.2, 0.25) is 0 Å². The van der Waals surface area contributed by atoms with E-state index in [1.165, 1.54) is 0 Å². The van der Waals surface area contributed by atoms with E-state index in [2.05, 4.69) is 29.7 Å². The first kappa shape index (κ1) is 14.8. The van der Waals surface area contributed by atoms with E-state index in [0.717, 1.165) is 43.9 Å². The lowest BCUT2D eigenvalue weighted by Crippen LogP contribution is -2.37. The molecule has 1 aliphatic rings. The quantitative estimate of drug-likeness (QED) is 0.891. The number of rotatable bonds is 5. The summed E-state index contributed by atoms with van der Waals surface area (Å²) < 4.78 is 0. The molecule has 0 aromatic heterocycles. The highest BCUT2D eigenvalue weighted by Crippen LogP contribution is 2.27. The zero-order chi connectivity index (χ0) is 14.5. The van der Waals surface area contributed by atoms with Gasteiger partial charge in [0.15, 0.2) is 0 Å². The number of aliphatic hydroxyl groups excluding tert-OH is 1.